The minimum Gasteiger partial charge on any atom is -0.381 e. The molecule has 2 N–H and O–H groups in total. The molecule has 0 saturated carbocycles. The number of aromatic nitrogens is 2. The van der Waals surface area contributed by atoms with Crippen molar-refractivity contribution in [2.75, 3.05) is 18.9 Å². The molecule has 2 heterocycles. The second-order valence-electron chi connectivity index (χ2n) is 4.74. The number of nitrogen functional groups attached to an aromatic ring is 1. The van der Waals surface area contributed by atoms with Crippen LogP contribution in [-0.4, -0.2) is 22.8 Å². The van der Waals surface area contributed by atoms with Crippen molar-refractivity contribution in [3.8, 4) is 0 Å². The van der Waals surface area contributed by atoms with Crippen molar-refractivity contribution in [3.63, 3.8) is 0 Å². The Hall–Kier alpha value is -1.26. The molecular weight excluding hydrogens is 250 g/mol. The van der Waals surface area contributed by atoms with E-state index in [1.807, 2.05) is 18.2 Å². The molecule has 0 aliphatic carbocycles. The molecule has 5 heteroatoms. The van der Waals surface area contributed by atoms with Gasteiger partial charge in [-0.1, -0.05) is 17.7 Å². The average molecular weight is 266 g/mol. The van der Waals surface area contributed by atoms with Gasteiger partial charge in [-0.05, 0) is 30.9 Å². The second kappa shape index (κ2) is 4.78. The third-order valence-corrected chi connectivity index (χ3v) is 3.85. The molecule has 0 radical (unpaired) electrons. The summed E-state index contributed by atoms with van der Waals surface area (Å²) in [6.07, 6.45) is 2.17. The number of benzene rings is 1. The number of halogens is 1. The lowest BCUT2D eigenvalue weighted by molar-refractivity contribution is 0.0618. The second-order valence-corrected chi connectivity index (χ2v) is 5.15. The Morgan fingerprint density at radius 1 is 1.39 bits per heavy atom. The van der Waals surface area contributed by atoms with E-state index < -0.39 is 0 Å². The Bertz CT molecular complexity index is 561. The molecule has 0 bridgehead atoms. The Morgan fingerprint density at radius 2 is 2.17 bits per heavy atom. The van der Waals surface area contributed by atoms with Crippen LogP contribution in [0.1, 0.15) is 12.8 Å². The molecule has 2 aromatic rings. The highest BCUT2D eigenvalue weighted by molar-refractivity contribution is 6.35. The fourth-order valence-corrected chi connectivity index (χ4v) is 2.72. The lowest BCUT2D eigenvalue weighted by Gasteiger charge is -2.23. The summed E-state index contributed by atoms with van der Waals surface area (Å²) in [7, 11) is 0. The van der Waals surface area contributed by atoms with Gasteiger partial charge in [-0.15, -0.1) is 0 Å². The SMILES string of the molecule is Nc1nc2c(Cl)cccc2n1CC1CCOCC1. The fourth-order valence-electron chi connectivity index (χ4n) is 2.51. The van der Waals surface area contributed by atoms with Crippen LogP contribution >= 0.6 is 11.6 Å². The van der Waals surface area contributed by atoms with Gasteiger partial charge < -0.3 is 15.0 Å². The van der Waals surface area contributed by atoms with Crippen LogP contribution < -0.4 is 5.73 Å². The van der Waals surface area contributed by atoms with E-state index in [-0.39, 0.29) is 0 Å². The first-order valence-electron chi connectivity index (χ1n) is 6.23. The van der Waals surface area contributed by atoms with Crippen LogP contribution in [0.25, 0.3) is 11.0 Å². The van der Waals surface area contributed by atoms with E-state index >= 15 is 0 Å². The van der Waals surface area contributed by atoms with E-state index in [1.54, 1.807) is 0 Å². The highest BCUT2D eigenvalue weighted by Crippen LogP contribution is 2.27. The number of rotatable bonds is 2. The van der Waals surface area contributed by atoms with E-state index in [9.17, 15) is 0 Å². The van der Waals surface area contributed by atoms with E-state index in [0.29, 0.717) is 16.9 Å². The monoisotopic (exact) mass is 265 g/mol. The van der Waals surface area contributed by atoms with Crippen molar-refractivity contribution in [3.05, 3.63) is 23.2 Å². The van der Waals surface area contributed by atoms with Crippen LogP contribution in [0.5, 0.6) is 0 Å². The minimum atomic E-state index is 0.546. The predicted octanol–water partition coefficient (Wildman–Crippen LogP) is 2.70. The van der Waals surface area contributed by atoms with Crippen LogP contribution in [0.2, 0.25) is 5.02 Å². The number of fused-ring (bicyclic) bond motifs is 1. The summed E-state index contributed by atoms with van der Waals surface area (Å²) in [6, 6.07) is 5.80. The Morgan fingerprint density at radius 3 is 2.94 bits per heavy atom. The van der Waals surface area contributed by atoms with E-state index in [4.69, 9.17) is 22.1 Å². The van der Waals surface area contributed by atoms with Crippen molar-refractivity contribution >= 4 is 28.6 Å². The first-order chi connectivity index (χ1) is 8.75. The summed E-state index contributed by atoms with van der Waals surface area (Å²) in [4.78, 5) is 4.36. The van der Waals surface area contributed by atoms with Crippen LogP contribution in [0.15, 0.2) is 18.2 Å². The van der Waals surface area contributed by atoms with Gasteiger partial charge in [-0.25, -0.2) is 4.98 Å². The standard InChI is InChI=1S/C13H16ClN3O/c14-10-2-1-3-11-12(10)16-13(15)17(11)8-9-4-6-18-7-5-9/h1-3,9H,4-8H2,(H2,15,16). The lowest BCUT2D eigenvalue weighted by Crippen LogP contribution is -2.21. The summed E-state index contributed by atoms with van der Waals surface area (Å²) in [5.41, 5.74) is 7.82. The van der Waals surface area contributed by atoms with Gasteiger partial charge in [0.15, 0.2) is 0 Å². The average Bonchev–Trinajstić information content (AvgIpc) is 2.70. The zero-order valence-corrected chi connectivity index (χ0v) is 10.9. The number of nitrogens with zero attached hydrogens (tertiary/aromatic N) is 2. The molecule has 1 aromatic carbocycles. The third-order valence-electron chi connectivity index (χ3n) is 3.54. The first-order valence-corrected chi connectivity index (χ1v) is 6.61. The third kappa shape index (κ3) is 2.06. The number of hydrogen-bond acceptors (Lipinski definition) is 3. The summed E-state index contributed by atoms with van der Waals surface area (Å²) >= 11 is 6.13. The van der Waals surface area contributed by atoms with Crippen molar-refractivity contribution < 1.29 is 4.74 Å². The van der Waals surface area contributed by atoms with Gasteiger partial charge in [0.2, 0.25) is 5.95 Å². The van der Waals surface area contributed by atoms with Crippen LogP contribution in [0, 0.1) is 5.92 Å². The maximum Gasteiger partial charge on any atom is 0.201 e. The van der Waals surface area contributed by atoms with Crippen molar-refractivity contribution in [1.29, 1.82) is 0 Å². The molecule has 1 aliphatic rings. The van der Waals surface area contributed by atoms with Crippen LogP contribution in [-0.2, 0) is 11.3 Å². The summed E-state index contributed by atoms with van der Waals surface area (Å²) in [6.45, 7) is 2.59. The van der Waals surface area contributed by atoms with Gasteiger partial charge in [-0.3, -0.25) is 0 Å². The zero-order chi connectivity index (χ0) is 12.5. The van der Waals surface area contributed by atoms with Gasteiger partial charge in [0, 0.05) is 19.8 Å². The predicted molar refractivity (Wildman–Crippen MR) is 72.7 cm³/mol. The van der Waals surface area contributed by atoms with Crippen LogP contribution in [0.3, 0.4) is 0 Å². The number of hydrogen-bond donors (Lipinski definition) is 1. The van der Waals surface area contributed by atoms with E-state index in [2.05, 4.69) is 9.55 Å². The smallest absolute Gasteiger partial charge is 0.201 e. The summed E-state index contributed by atoms with van der Waals surface area (Å²) < 4.78 is 7.45. The largest absolute Gasteiger partial charge is 0.381 e. The molecule has 1 aliphatic heterocycles. The van der Waals surface area contributed by atoms with Gasteiger partial charge in [0.05, 0.1) is 10.5 Å². The number of imidazole rings is 1. The summed E-state index contributed by atoms with van der Waals surface area (Å²) in [5.74, 6) is 1.15. The normalized spacial score (nSPS) is 17.4. The molecule has 1 saturated heterocycles. The maximum absolute atomic E-state index is 6.13. The molecule has 18 heavy (non-hydrogen) atoms. The Kier molecular flexibility index (Phi) is 3.14. The van der Waals surface area contributed by atoms with Gasteiger partial charge in [0.1, 0.15) is 5.52 Å². The Labute approximate surface area is 111 Å². The molecular formula is C13H16ClN3O. The van der Waals surface area contributed by atoms with E-state index in [0.717, 1.165) is 43.6 Å². The maximum atomic E-state index is 6.13. The fraction of sp³-hybridized carbons (Fsp3) is 0.462. The highest BCUT2D eigenvalue weighted by atomic mass is 35.5. The molecule has 1 fully saturated rings. The van der Waals surface area contributed by atoms with Crippen molar-refractivity contribution in [1.82, 2.24) is 9.55 Å². The molecule has 1 aromatic heterocycles. The Balaban J connectivity index is 1.95. The van der Waals surface area contributed by atoms with Gasteiger partial charge in [0.25, 0.3) is 0 Å². The van der Waals surface area contributed by atoms with Crippen molar-refractivity contribution in [2.45, 2.75) is 19.4 Å². The van der Waals surface area contributed by atoms with Crippen molar-refractivity contribution in [2.24, 2.45) is 5.92 Å². The van der Waals surface area contributed by atoms with E-state index in [1.165, 1.54) is 0 Å². The topological polar surface area (TPSA) is 53.1 Å². The molecule has 0 spiro atoms. The molecule has 0 atom stereocenters. The lowest BCUT2D eigenvalue weighted by atomic mass is 10.0. The number of nitrogens with two attached hydrogens (primary N) is 1. The quantitative estimate of drug-likeness (QED) is 0.908. The van der Waals surface area contributed by atoms with Crippen LogP contribution in [0.4, 0.5) is 5.95 Å². The molecule has 0 unspecified atom stereocenters. The number of para-hydroxylation sites is 1. The molecule has 0 amide bonds. The molecule has 4 nitrogen and oxygen atoms in total. The van der Waals surface area contributed by atoms with Gasteiger partial charge >= 0.3 is 0 Å². The highest BCUT2D eigenvalue weighted by Gasteiger charge is 2.18. The first kappa shape index (κ1) is 11.8. The number of anilines is 1. The minimum absolute atomic E-state index is 0.546. The molecule has 3 rings (SSSR count). The van der Waals surface area contributed by atoms with Gasteiger partial charge in [-0.2, -0.15) is 0 Å². The summed E-state index contributed by atoms with van der Waals surface area (Å²) in [5, 5.41) is 0.657. The zero-order valence-electron chi connectivity index (χ0n) is 10.1. The molecule has 96 valence electrons. The number of ether oxygens (including phenoxy) is 1.